The second-order valence-electron chi connectivity index (χ2n) is 4.66. The second kappa shape index (κ2) is 5.11. The molecule has 0 aromatic carbocycles. The molecule has 1 amide bonds. The predicted molar refractivity (Wildman–Crippen MR) is 57.3 cm³/mol. The molecule has 0 unspecified atom stereocenters. The number of hydrogen-bond acceptors (Lipinski definition) is 3. The molecule has 0 heterocycles. The summed E-state index contributed by atoms with van der Waals surface area (Å²) in [5, 5.41) is 11.4. The van der Waals surface area contributed by atoms with Crippen molar-refractivity contribution in [3.8, 4) is 0 Å². The number of carbonyl (C=O) groups excluding carboxylic acids is 1. The van der Waals surface area contributed by atoms with E-state index in [-0.39, 0.29) is 0 Å². The van der Waals surface area contributed by atoms with Gasteiger partial charge in [-0.2, -0.15) is 0 Å². The highest BCUT2D eigenvalue weighted by molar-refractivity contribution is 5.87. The van der Waals surface area contributed by atoms with Crippen molar-refractivity contribution in [2.75, 3.05) is 0 Å². The smallest absolute Gasteiger partial charge is 0.326 e. The van der Waals surface area contributed by atoms with Crippen molar-refractivity contribution in [3.63, 3.8) is 0 Å². The molecule has 0 rings (SSSR count). The van der Waals surface area contributed by atoms with Crippen LogP contribution in [-0.2, 0) is 9.59 Å². The third-order valence-corrected chi connectivity index (χ3v) is 2.18. The number of nitrogens with one attached hydrogen (secondary N) is 1. The fourth-order valence-electron chi connectivity index (χ4n) is 1.08. The van der Waals surface area contributed by atoms with Crippen molar-refractivity contribution in [2.24, 2.45) is 11.1 Å². The first-order valence-corrected chi connectivity index (χ1v) is 4.99. The van der Waals surface area contributed by atoms with Crippen molar-refractivity contribution < 1.29 is 14.7 Å². The van der Waals surface area contributed by atoms with Crippen molar-refractivity contribution in [3.05, 3.63) is 0 Å². The zero-order valence-corrected chi connectivity index (χ0v) is 9.70. The van der Waals surface area contributed by atoms with E-state index in [2.05, 4.69) is 5.32 Å². The summed E-state index contributed by atoms with van der Waals surface area (Å²) >= 11 is 0. The molecule has 0 fully saturated rings. The molecule has 4 N–H and O–H groups in total. The highest BCUT2D eigenvalue weighted by Crippen LogP contribution is 2.19. The maximum atomic E-state index is 11.4. The van der Waals surface area contributed by atoms with E-state index in [1.807, 2.05) is 0 Å². The lowest BCUT2D eigenvalue weighted by Gasteiger charge is -2.28. The van der Waals surface area contributed by atoms with Crippen LogP contribution < -0.4 is 11.1 Å². The first kappa shape index (κ1) is 13.9. The fourth-order valence-corrected chi connectivity index (χ4v) is 1.08. The monoisotopic (exact) mass is 216 g/mol. The Kier molecular flexibility index (Phi) is 4.74. The van der Waals surface area contributed by atoms with E-state index in [1.54, 1.807) is 27.7 Å². The number of aliphatic carboxylic acids is 1. The number of rotatable bonds is 4. The number of nitrogens with two attached hydrogens (primary N) is 1. The van der Waals surface area contributed by atoms with Gasteiger partial charge >= 0.3 is 5.97 Å². The topological polar surface area (TPSA) is 92.4 Å². The lowest BCUT2D eigenvalue weighted by molar-refractivity contribution is -0.145. The summed E-state index contributed by atoms with van der Waals surface area (Å²) in [7, 11) is 0. The largest absolute Gasteiger partial charge is 0.480 e. The van der Waals surface area contributed by atoms with Gasteiger partial charge in [0, 0.05) is 0 Å². The summed E-state index contributed by atoms with van der Waals surface area (Å²) in [5.41, 5.74) is 4.97. The molecule has 0 radical (unpaired) electrons. The van der Waals surface area contributed by atoms with Crippen LogP contribution in [0.5, 0.6) is 0 Å². The number of carboxylic acid groups (broad SMARTS) is 1. The summed E-state index contributed by atoms with van der Waals surface area (Å²) in [4.78, 5) is 22.4. The normalized spacial score (nSPS) is 15.5. The molecule has 0 saturated carbocycles. The average molecular weight is 216 g/mol. The Labute approximate surface area is 90.0 Å². The molecular formula is C10H20N2O3. The van der Waals surface area contributed by atoms with Crippen molar-refractivity contribution in [1.29, 1.82) is 0 Å². The number of amides is 1. The van der Waals surface area contributed by atoms with E-state index < -0.39 is 29.4 Å². The summed E-state index contributed by atoms with van der Waals surface area (Å²) in [6.07, 6.45) is 0.488. The second-order valence-corrected chi connectivity index (χ2v) is 4.66. The Morgan fingerprint density at radius 1 is 1.40 bits per heavy atom. The Bertz CT molecular complexity index is 246. The molecule has 0 bridgehead atoms. The molecule has 5 nitrogen and oxygen atoms in total. The third-order valence-electron chi connectivity index (χ3n) is 2.18. The van der Waals surface area contributed by atoms with Gasteiger partial charge in [0.05, 0.1) is 6.04 Å². The zero-order chi connectivity index (χ0) is 12.2. The summed E-state index contributed by atoms with van der Waals surface area (Å²) in [6.45, 7) is 7.04. The molecule has 0 spiro atoms. The summed E-state index contributed by atoms with van der Waals surface area (Å²) < 4.78 is 0. The molecule has 0 aliphatic heterocycles. The van der Waals surface area contributed by atoms with E-state index in [0.29, 0.717) is 6.42 Å². The van der Waals surface area contributed by atoms with E-state index in [1.165, 1.54) is 0 Å². The number of hydrogen-bond donors (Lipinski definition) is 3. The first-order valence-electron chi connectivity index (χ1n) is 4.99. The van der Waals surface area contributed by atoms with Crippen LogP contribution in [0.2, 0.25) is 0 Å². The number of carboxylic acids is 1. The SMILES string of the molecule is CC[C@H](N)C(=O)N[C@@H](C(=O)O)C(C)(C)C. The Balaban J connectivity index is 4.58. The highest BCUT2D eigenvalue weighted by atomic mass is 16.4. The minimum atomic E-state index is -1.04. The Hall–Kier alpha value is -1.10. The van der Waals surface area contributed by atoms with E-state index in [0.717, 1.165) is 0 Å². The maximum absolute atomic E-state index is 11.4. The Morgan fingerprint density at radius 2 is 1.87 bits per heavy atom. The van der Waals surface area contributed by atoms with Crippen molar-refractivity contribution >= 4 is 11.9 Å². The predicted octanol–water partition coefficient (Wildman–Crippen LogP) is 0.339. The molecular weight excluding hydrogens is 196 g/mol. The van der Waals surface area contributed by atoms with Gasteiger partial charge in [0.2, 0.25) is 5.91 Å². The van der Waals surface area contributed by atoms with Gasteiger partial charge in [0.15, 0.2) is 0 Å². The van der Waals surface area contributed by atoms with Crippen LogP contribution in [0, 0.1) is 5.41 Å². The minimum absolute atomic E-state index is 0.417. The van der Waals surface area contributed by atoms with E-state index >= 15 is 0 Å². The van der Waals surface area contributed by atoms with Gasteiger partial charge in [-0.15, -0.1) is 0 Å². The van der Waals surface area contributed by atoms with Crippen LogP contribution >= 0.6 is 0 Å². The van der Waals surface area contributed by atoms with E-state index in [9.17, 15) is 9.59 Å². The van der Waals surface area contributed by atoms with Crippen LogP contribution in [0.15, 0.2) is 0 Å². The molecule has 0 saturated heterocycles. The summed E-state index contributed by atoms with van der Waals surface area (Å²) in [5.74, 6) is -1.46. The van der Waals surface area contributed by atoms with Crippen molar-refractivity contribution in [1.82, 2.24) is 5.32 Å². The zero-order valence-electron chi connectivity index (χ0n) is 9.70. The lowest BCUT2D eigenvalue weighted by atomic mass is 9.86. The molecule has 15 heavy (non-hydrogen) atoms. The standard InChI is InChI=1S/C10H20N2O3/c1-5-6(11)8(13)12-7(9(14)15)10(2,3)4/h6-7H,5,11H2,1-4H3,(H,12,13)(H,14,15)/t6-,7-/m0/s1. The van der Waals surface area contributed by atoms with Gasteiger partial charge in [-0.05, 0) is 11.8 Å². The van der Waals surface area contributed by atoms with Crippen LogP contribution in [0.1, 0.15) is 34.1 Å². The van der Waals surface area contributed by atoms with Crippen LogP contribution in [0.3, 0.4) is 0 Å². The highest BCUT2D eigenvalue weighted by Gasteiger charge is 2.33. The van der Waals surface area contributed by atoms with Crippen molar-refractivity contribution in [2.45, 2.75) is 46.2 Å². The first-order chi connectivity index (χ1) is 6.70. The summed E-state index contributed by atoms with van der Waals surface area (Å²) in [6, 6.07) is -1.56. The molecule has 5 heteroatoms. The fraction of sp³-hybridized carbons (Fsp3) is 0.800. The van der Waals surface area contributed by atoms with Gasteiger partial charge < -0.3 is 16.2 Å². The van der Waals surface area contributed by atoms with Gasteiger partial charge in [-0.25, -0.2) is 4.79 Å². The van der Waals surface area contributed by atoms with Gasteiger partial charge in [-0.3, -0.25) is 4.79 Å². The quantitative estimate of drug-likeness (QED) is 0.631. The Morgan fingerprint density at radius 3 is 2.13 bits per heavy atom. The molecule has 0 aromatic heterocycles. The van der Waals surface area contributed by atoms with Crippen LogP contribution in [0.4, 0.5) is 0 Å². The average Bonchev–Trinajstić information content (AvgIpc) is 2.09. The molecule has 0 aliphatic rings. The molecule has 0 aliphatic carbocycles. The lowest BCUT2D eigenvalue weighted by Crippen LogP contribution is -2.53. The van der Waals surface area contributed by atoms with Crippen LogP contribution in [0.25, 0.3) is 0 Å². The van der Waals surface area contributed by atoms with Gasteiger partial charge in [0.1, 0.15) is 6.04 Å². The van der Waals surface area contributed by atoms with Crippen LogP contribution in [-0.4, -0.2) is 29.1 Å². The van der Waals surface area contributed by atoms with E-state index in [4.69, 9.17) is 10.8 Å². The van der Waals surface area contributed by atoms with Gasteiger partial charge in [0.25, 0.3) is 0 Å². The third kappa shape index (κ3) is 4.29. The molecule has 0 aromatic rings. The molecule has 88 valence electrons. The minimum Gasteiger partial charge on any atom is -0.480 e. The molecule has 2 atom stereocenters. The number of carbonyl (C=O) groups is 2. The van der Waals surface area contributed by atoms with Gasteiger partial charge in [-0.1, -0.05) is 27.7 Å². The maximum Gasteiger partial charge on any atom is 0.326 e.